The van der Waals surface area contributed by atoms with Gasteiger partial charge in [-0.05, 0) is 12.5 Å². The van der Waals surface area contributed by atoms with Gasteiger partial charge in [0.05, 0.1) is 17.6 Å². The molecule has 54 valence electrons. The largest absolute Gasteiger partial charge is 0.398 e. The van der Waals surface area contributed by atoms with Crippen molar-refractivity contribution in [3.63, 3.8) is 0 Å². The average Bonchev–Trinajstić information content (AvgIpc) is 2.05. The zero-order valence-corrected chi connectivity index (χ0v) is 5.91. The molecule has 11 heavy (non-hydrogen) atoms. The lowest BCUT2D eigenvalue weighted by atomic mass is 9.96. The summed E-state index contributed by atoms with van der Waals surface area (Å²) in [5, 5.41) is 17.0. The van der Waals surface area contributed by atoms with Gasteiger partial charge in [-0.15, -0.1) is 0 Å². The number of hydrogen-bond donors (Lipinski definition) is 1. The monoisotopic (exact) mass is 145 g/mol. The highest BCUT2D eigenvalue weighted by molar-refractivity contribution is 5.43. The predicted octanol–water partition coefficient (Wildman–Crippen LogP) is 0.822. The van der Waals surface area contributed by atoms with Crippen molar-refractivity contribution in [2.45, 2.75) is 6.42 Å². The van der Waals surface area contributed by atoms with Crippen LogP contribution >= 0.6 is 0 Å². The van der Waals surface area contributed by atoms with Crippen molar-refractivity contribution >= 4 is 0 Å². The molecule has 3 heteroatoms. The van der Waals surface area contributed by atoms with Gasteiger partial charge in [-0.25, -0.2) is 0 Å². The van der Waals surface area contributed by atoms with Crippen molar-refractivity contribution in [2.75, 3.05) is 0 Å². The van der Waals surface area contributed by atoms with E-state index in [1.165, 1.54) is 0 Å². The van der Waals surface area contributed by atoms with Gasteiger partial charge in [0.15, 0.2) is 0 Å². The van der Waals surface area contributed by atoms with E-state index in [-0.39, 0.29) is 5.92 Å². The molecule has 0 heterocycles. The first-order valence-electron chi connectivity index (χ1n) is 3.25. The van der Waals surface area contributed by atoms with Crippen LogP contribution in [0.4, 0.5) is 0 Å². The number of nitriles is 2. The molecule has 3 nitrogen and oxygen atoms in total. The highest BCUT2D eigenvalue weighted by atomic mass is 14.6. The summed E-state index contributed by atoms with van der Waals surface area (Å²) in [6.07, 6.45) is 3.94. The number of rotatable bonds is 0. The molecule has 0 amide bonds. The summed E-state index contributed by atoms with van der Waals surface area (Å²) in [7, 11) is 0. The van der Waals surface area contributed by atoms with E-state index in [9.17, 15) is 0 Å². The maximum atomic E-state index is 8.53. The molecule has 1 aliphatic carbocycles. The Morgan fingerprint density at radius 2 is 2.27 bits per heavy atom. The van der Waals surface area contributed by atoms with Crippen molar-refractivity contribution in [3.05, 3.63) is 23.4 Å². The molecular formula is C8H7N3. The van der Waals surface area contributed by atoms with Gasteiger partial charge in [-0.3, -0.25) is 0 Å². The molecule has 2 N–H and O–H groups in total. The van der Waals surface area contributed by atoms with Gasteiger partial charge < -0.3 is 5.73 Å². The Kier molecular flexibility index (Phi) is 1.94. The lowest BCUT2D eigenvalue weighted by molar-refractivity contribution is 0.819. The quantitative estimate of drug-likeness (QED) is 0.548. The van der Waals surface area contributed by atoms with E-state index in [1.54, 1.807) is 12.2 Å². The maximum Gasteiger partial charge on any atom is 0.101 e. The fourth-order valence-electron chi connectivity index (χ4n) is 0.921. The second-order valence-electron chi connectivity index (χ2n) is 2.32. The van der Waals surface area contributed by atoms with Crippen LogP contribution < -0.4 is 5.73 Å². The Balaban J connectivity index is 2.91. The Labute approximate surface area is 65.0 Å². The van der Waals surface area contributed by atoms with Crippen molar-refractivity contribution < 1.29 is 0 Å². The minimum absolute atomic E-state index is 0.183. The molecule has 1 unspecified atom stereocenters. The zero-order chi connectivity index (χ0) is 8.27. The molecule has 1 atom stereocenters. The van der Waals surface area contributed by atoms with E-state index in [1.807, 2.05) is 6.07 Å². The van der Waals surface area contributed by atoms with Gasteiger partial charge in [0.2, 0.25) is 0 Å². The summed E-state index contributed by atoms with van der Waals surface area (Å²) in [5.74, 6) is -0.183. The van der Waals surface area contributed by atoms with Crippen LogP contribution in [0.25, 0.3) is 0 Å². The smallest absolute Gasteiger partial charge is 0.101 e. The van der Waals surface area contributed by atoms with Crippen LogP contribution in [0.5, 0.6) is 0 Å². The zero-order valence-electron chi connectivity index (χ0n) is 5.91. The van der Waals surface area contributed by atoms with Crippen LogP contribution in [0.15, 0.2) is 23.4 Å². The molecule has 0 aromatic heterocycles. The first-order chi connectivity index (χ1) is 5.27. The van der Waals surface area contributed by atoms with Crippen LogP contribution in [0.3, 0.4) is 0 Å². The second-order valence-corrected chi connectivity index (χ2v) is 2.32. The van der Waals surface area contributed by atoms with Crippen LogP contribution in [0.1, 0.15) is 6.42 Å². The normalized spacial score (nSPS) is 22.5. The first-order valence-corrected chi connectivity index (χ1v) is 3.25. The summed E-state index contributed by atoms with van der Waals surface area (Å²) in [5.41, 5.74) is 6.37. The lowest BCUT2D eigenvalue weighted by Crippen LogP contribution is -2.07. The minimum Gasteiger partial charge on any atom is -0.398 e. The summed E-state index contributed by atoms with van der Waals surface area (Å²) in [6, 6.07) is 4.00. The summed E-state index contributed by atoms with van der Waals surface area (Å²) < 4.78 is 0. The number of nitrogens with zero attached hydrogens (tertiary/aromatic N) is 2. The maximum absolute atomic E-state index is 8.53. The second kappa shape index (κ2) is 2.90. The summed E-state index contributed by atoms with van der Waals surface area (Å²) >= 11 is 0. The van der Waals surface area contributed by atoms with E-state index in [2.05, 4.69) is 6.07 Å². The van der Waals surface area contributed by atoms with Gasteiger partial charge in [0, 0.05) is 5.70 Å². The van der Waals surface area contributed by atoms with E-state index in [0.29, 0.717) is 17.7 Å². The van der Waals surface area contributed by atoms with Gasteiger partial charge in [-0.1, -0.05) is 6.08 Å². The third-order valence-corrected chi connectivity index (χ3v) is 1.56. The number of hydrogen-bond acceptors (Lipinski definition) is 3. The molecule has 0 aromatic carbocycles. The van der Waals surface area contributed by atoms with Crippen LogP contribution in [0, 0.1) is 28.6 Å². The van der Waals surface area contributed by atoms with Gasteiger partial charge in [0.1, 0.15) is 6.07 Å². The van der Waals surface area contributed by atoms with Gasteiger partial charge >= 0.3 is 0 Å². The molecular weight excluding hydrogens is 138 g/mol. The molecule has 0 spiro atoms. The summed E-state index contributed by atoms with van der Waals surface area (Å²) in [6.45, 7) is 0. The van der Waals surface area contributed by atoms with Crippen molar-refractivity contribution in [1.82, 2.24) is 0 Å². The van der Waals surface area contributed by atoms with Crippen molar-refractivity contribution in [2.24, 2.45) is 11.7 Å². The Bertz CT molecular complexity index is 298. The highest BCUT2D eigenvalue weighted by Crippen LogP contribution is 2.18. The number of allylic oxidation sites excluding steroid dienone is 3. The molecule has 0 saturated heterocycles. The van der Waals surface area contributed by atoms with Gasteiger partial charge in [-0.2, -0.15) is 10.5 Å². The Hall–Kier alpha value is -1.74. The van der Waals surface area contributed by atoms with Crippen molar-refractivity contribution in [1.29, 1.82) is 10.5 Å². The summed E-state index contributed by atoms with van der Waals surface area (Å²) in [4.78, 5) is 0. The fourth-order valence-corrected chi connectivity index (χ4v) is 0.921. The molecule has 1 rings (SSSR count). The minimum atomic E-state index is -0.183. The first kappa shape index (κ1) is 7.37. The molecule has 0 bridgehead atoms. The molecule has 0 saturated carbocycles. The SMILES string of the molecule is N#CC1=CC(C#N)CC=C1N. The highest BCUT2D eigenvalue weighted by Gasteiger charge is 2.11. The Morgan fingerprint density at radius 3 is 2.82 bits per heavy atom. The molecule has 0 radical (unpaired) electrons. The Morgan fingerprint density at radius 1 is 1.55 bits per heavy atom. The van der Waals surface area contributed by atoms with E-state index in [0.717, 1.165) is 0 Å². The van der Waals surface area contributed by atoms with Crippen LogP contribution in [-0.2, 0) is 0 Å². The predicted molar refractivity (Wildman–Crippen MR) is 39.7 cm³/mol. The fraction of sp³-hybridized carbons (Fsp3) is 0.250. The molecule has 0 aromatic rings. The van der Waals surface area contributed by atoms with Crippen molar-refractivity contribution in [3.8, 4) is 12.1 Å². The van der Waals surface area contributed by atoms with E-state index in [4.69, 9.17) is 16.3 Å². The van der Waals surface area contributed by atoms with E-state index < -0.39 is 0 Å². The lowest BCUT2D eigenvalue weighted by Gasteiger charge is -2.08. The number of nitrogens with two attached hydrogens (primary N) is 1. The third-order valence-electron chi connectivity index (χ3n) is 1.56. The van der Waals surface area contributed by atoms with E-state index >= 15 is 0 Å². The molecule has 1 aliphatic rings. The van der Waals surface area contributed by atoms with Crippen LogP contribution in [0.2, 0.25) is 0 Å². The average molecular weight is 145 g/mol. The molecule has 0 fully saturated rings. The topological polar surface area (TPSA) is 73.6 Å². The molecule has 0 aliphatic heterocycles. The third kappa shape index (κ3) is 1.39. The van der Waals surface area contributed by atoms with Crippen LogP contribution in [-0.4, -0.2) is 0 Å². The van der Waals surface area contributed by atoms with Gasteiger partial charge in [0.25, 0.3) is 0 Å². The standard InChI is InChI=1S/C8H7N3/c9-4-6-1-2-8(11)7(3-6)5-10/h2-3,6H,1,11H2.